The minimum Gasteiger partial charge on any atom is -0.496 e. The molecule has 0 bridgehead atoms. The quantitative estimate of drug-likeness (QED) is 0.353. The van der Waals surface area contributed by atoms with Crippen LogP contribution in [-0.2, 0) is 27.4 Å². The molecule has 0 radical (unpaired) electrons. The van der Waals surface area contributed by atoms with Gasteiger partial charge in [-0.25, -0.2) is 4.79 Å². The number of carbonyl (C=O) groups excluding carboxylic acids is 2. The number of amides is 1. The average molecular weight is 448 g/mol. The lowest BCUT2D eigenvalue weighted by Crippen LogP contribution is -2.29. The summed E-state index contributed by atoms with van der Waals surface area (Å²) in [4.78, 5) is 35.1. The number of halogens is 3. The molecule has 1 aliphatic rings. The number of aliphatic carboxylic acids is 1. The molecule has 1 aromatic carbocycles. The Morgan fingerprint density at radius 1 is 1.38 bits per heavy atom. The number of cyclic esters (lactones) is 1. The minimum absolute atomic E-state index is 0.000518. The van der Waals surface area contributed by atoms with E-state index in [-0.39, 0.29) is 30.7 Å². The van der Waals surface area contributed by atoms with Gasteiger partial charge in [-0.3, -0.25) is 9.59 Å². The van der Waals surface area contributed by atoms with E-state index in [1.165, 1.54) is 7.11 Å². The molecule has 0 aliphatic carbocycles. The van der Waals surface area contributed by atoms with Crippen LogP contribution in [0.3, 0.4) is 0 Å². The van der Waals surface area contributed by atoms with Gasteiger partial charge in [0, 0.05) is 17.5 Å². The van der Waals surface area contributed by atoms with Crippen molar-refractivity contribution in [1.82, 2.24) is 0 Å². The molecule has 2 N–H and O–H groups in total. The molecular weight excluding hydrogens is 428 g/mol. The van der Waals surface area contributed by atoms with Crippen molar-refractivity contribution in [2.45, 2.75) is 44.3 Å². The molecule has 0 aromatic heterocycles. The van der Waals surface area contributed by atoms with E-state index in [9.17, 15) is 18.8 Å². The molecule has 1 aliphatic heterocycles. The number of carbonyl (C=O) groups is 3. The maximum Gasteiger partial charge on any atom is 0.341 e. The average Bonchev–Trinajstić information content (AvgIpc) is 3.01. The summed E-state index contributed by atoms with van der Waals surface area (Å²) < 4.78 is 21.0. The lowest BCUT2D eigenvalue weighted by molar-refractivity contribution is -0.137. The van der Waals surface area contributed by atoms with Crippen molar-refractivity contribution in [3.8, 4) is 5.75 Å². The molecule has 0 saturated heterocycles. The van der Waals surface area contributed by atoms with Crippen molar-refractivity contribution >= 4 is 46.7 Å². The van der Waals surface area contributed by atoms with Gasteiger partial charge in [0.15, 0.2) is 0 Å². The molecule has 0 atom stereocenters. The van der Waals surface area contributed by atoms with Gasteiger partial charge in [0.1, 0.15) is 12.4 Å². The third-order valence-corrected chi connectivity index (χ3v) is 4.90. The highest BCUT2D eigenvalue weighted by Crippen LogP contribution is 2.42. The van der Waals surface area contributed by atoms with Gasteiger partial charge in [0.25, 0.3) is 5.91 Å². The summed E-state index contributed by atoms with van der Waals surface area (Å²) in [5, 5.41) is 11.1. The van der Waals surface area contributed by atoms with Crippen molar-refractivity contribution in [3.63, 3.8) is 0 Å². The summed E-state index contributed by atoms with van der Waals surface area (Å²) in [5.41, 5.74) is 2.40. The van der Waals surface area contributed by atoms with Crippen LogP contribution < -0.4 is 10.1 Å². The molecule has 0 fully saturated rings. The number of nitrogens with one attached hydrogen (secondary N) is 1. The normalized spacial score (nSPS) is 13.7. The number of esters is 1. The Labute approximate surface area is 176 Å². The Hall–Kier alpha value is -2.32. The van der Waals surface area contributed by atoms with E-state index in [0.717, 1.165) is 5.57 Å². The maximum atomic E-state index is 13.7. The zero-order valence-corrected chi connectivity index (χ0v) is 17.5. The predicted molar refractivity (Wildman–Crippen MR) is 105 cm³/mol. The highest BCUT2D eigenvalue weighted by molar-refractivity contribution is 6.57. The lowest BCUT2D eigenvalue weighted by Gasteiger charge is -2.20. The number of benzene rings is 1. The van der Waals surface area contributed by atoms with Crippen molar-refractivity contribution in [2.24, 2.45) is 0 Å². The summed E-state index contributed by atoms with van der Waals surface area (Å²) in [6.07, 6.45) is 2.20. The second kappa shape index (κ2) is 9.00. The molecule has 1 amide bonds. The molecule has 1 heterocycles. The number of carboxylic acids is 1. The van der Waals surface area contributed by atoms with E-state index >= 15 is 0 Å². The number of rotatable bonds is 8. The fraction of sp³-hybridized carbons (Fsp3) is 0.421. The molecule has 1 aromatic rings. The molecule has 0 spiro atoms. The first-order valence-corrected chi connectivity index (χ1v) is 9.38. The van der Waals surface area contributed by atoms with E-state index < -0.39 is 22.4 Å². The van der Waals surface area contributed by atoms with Gasteiger partial charge in [0.05, 0.1) is 18.4 Å². The monoisotopic (exact) mass is 447 g/mol. The number of methoxy groups -OCH3 is 1. The van der Waals surface area contributed by atoms with Crippen LogP contribution in [-0.4, -0.2) is 34.6 Å². The molecule has 7 nitrogen and oxygen atoms in total. The lowest BCUT2D eigenvalue weighted by atomic mass is 9.93. The zero-order chi connectivity index (χ0) is 21.9. The molecule has 10 heteroatoms. The first-order valence-electron chi connectivity index (χ1n) is 8.62. The molecule has 0 unspecified atom stereocenters. The molecule has 2 rings (SSSR count). The van der Waals surface area contributed by atoms with E-state index in [0.29, 0.717) is 28.9 Å². The molecule has 29 heavy (non-hydrogen) atoms. The molecule has 0 saturated carbocycles. The third kappa shape index (κ3) is 5.19. The summed E-state index contributed by atoms with van der Waals surface area (Å²) >= 11 is 10.5. The number of ether oxygens (including phenoxy) is 2. The summed E-state index contributed by atoms with van der Waals surface area (Å²) in [7, 11) is 1.42. The first kappa shape index (κ1) is 23.0. The highest BCUT2D eigenvalue weighted by atomic mass is 35.5. The predicted octanol–water partition coefficient (Wildman–Crippen LogP) is 4.07. The van der Waals surface area contributed by atoms with Gasteiger partial charge < -0.3 is 19.9 Å². The van der Waals surface area contributed by atoms with Crippen LogP contribution in [0.2, 0.25) is 0 Å². The number of hydrogen-bond donors (Lipinski definition) is 2. The van der Waals surface area contributed by atoms with Gasteiger partial charge in [-0.05, 0) is 32.3 Å². The third-order valence-electron chi connectivity index (χ3n) is 4.56. The van der Waals surface area contributed by atoms with Crippen LogP contribution in [0.1, 0.15) is 46.8 Å². The van der Waals surface area contributed by atoms with Crippen LogP contribution in [0, 0.1) is 6.92 Å². The SMILES string of the molecule is COc1c(C)c2c(c(NC(=O)C(F)(Cl)Cl)c1C/C=C(\C)CCC(=O)O)C(=O)OC2. The van der Waals surface area contributed by atoms with Gasteiger partial charge in [-0.1, -0.05) is 34.9 Å². The van der Waals surface area contributed by atoms with Crippen LogP contribution in [0.5, 0.6) is 5.75 Å². The Balaban J connectivity index is 2.57. The van der Waals surface area contributed by atoms with E-state index in [4.69, 9.17) is 37.8 Å². The Kier molecular flexibility index (Phi) is 7.13. The van der Waals surface area contributed by atoms with E-state index in [1.807, 2.05) is 0 Å². The largest absolute Gasteiger partial charge is 0.496 e. The standard InChI is InChI=1S/C19H20Cl2FNO6/c1-9(5-7-13(24)25)4-6-11-15(23-18(27)19(20,21)22)14-12(8-29-17(14)26)10(2)16(11)28-3/h4H,5-8H2,1-3H3,(H,23,27)(H,24,25)/b9-4+. The van der Waals surface area contributed by atoms with Crippen LogP contribution in [0.25, 0.3) is 0 Å². The Bertz CT molecular complexity index is 892. The second-order valence-corrected chi connectivity index (χ2v) is 7.78. The topological polar surface area (TPSA) is 102 Å². The van der Waals surface area contributed by atoms with Crippen molar-refractivity contribution in [1.29, 1.82) is 0 Å². The first-order chi connectivity index (χ1) is 13.5. The van der Waals surface area contributed by atoms with Crippen LogP contribution in [0.4, 0.5) is 10.1 Å². The number of fused-ring (bicyclic) bond motifs is 1. The van der Waals surface area contributed by atoms with Crippen molar-refractivity contribution in [2.75, 3.05) is 12.4 Å². The van der Waals surface area contributed by atoms with Crippen molar-refractivity contribution in [3.05, 3.63) is 33.9 Å². The number of anilines is 1. The molecular formula is C19H20Cl2FNO6. The maximum absolute atomic E-state index is 13.7. The fourth-order valence-corrected chi connectivity index (χ4v) is 3.15. The smallest absolute Gasteiger partial charge is 0.341 e. The summed E-state index contributed by atoms with van der Waals surface area (Å²) in [5.74, 6) is -2.58. The number of hydrogen-bond acceptors (Lipinski definition) is 5. The second-order valence-electron chi connectivity index (χ2n) is 6.54. The van der Waals surface area contributed by atoms with E-state index in [1.54, 1.807) is 19.9 Å². The Morgan fingerprint density at radius 3 is 2.59 bits per heavy atom. The van der Waals surface area contributed by atoms with E-state index in [2.05, 4.69) is 5.32 Å². The highest BCUT2D eigenvalue weighted by Gasteiger charge is 2.38. The number of alkyl halides is 3. The molecule has 158 valence electrons. The Morgan fingerprint density at radius 2 is 2.03 bits per heavy atom. The van der Waals surface area contributed by atoms with Gasteiger partial charge in [-0.2, -0.15) is 4.39 Å². The number of carboxylic acid groups (broad SMARTS) is 1. The zero-order valence-electron chi connectivity index (χ0n) is 16.0. The summed E-state index contributed by atoms with van der Waals surface area (Å²) in [6, 6.07) is 0. The van der Waals surface area contributed by atoms with Gasteiger partial charge in [-0.15, -0.1) is 0 Å². The fourth-order valence-electron chi connectivity index (χ4n) is 3.06. The van der Waals surface area contributed by atoms with Crippen LogP contribution >= 0.6 is 23.2 Å². The summed E-state index contributed by atoms with van der Waals surface area (Å²) in [6.45, 7) is 3.47. The van der Waals surface area contributed by atoms with Gasteiger partial charge in [0.2, 0.25) is 0 Å². The minimum atomic E-state index is -3.21. The van der Waals surface area contributed by atoms with Crippen LogP contribution in [0.15, 0.2) is 11.6 Å². The number of allylic oxidation sites excluding steroid dienone is 2. The van der Waals surface area contributed by atoms with Gasteiger partial charge >= 0.3 is 16.5 Å². The van der Waals surface area contributed by atoms with Crippen molar-refractivity contribution < 1.29 is 33.4 Å².